The second kappa shape index (κ2) is 5.27. The van der Waals surface area contributed by atoms with Gasteiger partial charge in [0.1, 0.15) is 12.3 Å². The first-order valence-electron chi connectivity index (χ1n) is 5.97. The van der Waals surface area contributed by atoms with Crippen molar-refractivity contribution in [1.82, 2.24) is 4.90 Å². The number of fused-ring (bicyclic) bond motifs is 1. The Hall–Kier alpha value is -1.24. The maximum absolute atomic E-state index is 12.6. The summed E-state index contributed by atoms with van der Waals surface area (Å²) in [6, 6.07) is 2.82. The Labute approximate surface area is 122 Å². The van der Waals surface area contributed by atoms with E-state index in [2.05, 4.69) is 15.9 Å². The molecule has 0 saturated heterocycles. The zero-order chi connectivity index (χ0) is 15.1. The van der Waals surface area contributed by atoms with Crippen LogP contribution in [0.2, 0.25) is 0 Å². The first kappa shape index (κ1) is 15.2. The van der Waals surface area contributed by atoms with Crippen LogP contribution in [0.5, 0.6) is 5.75 Å². The summed E-state index contributed by atoms with van der Waals surface area (Å²) in [6.45, 7) is 0.367. The Morgan fingerprint density at radius 1 is 1.45 bits per heavy atom. The molecule has 0 fully saturated rings. The molecule has 0 aromatic heterocycles. The molecule has 110 valence electrons. The quantitative estimate of drug-likeness (QED) is 0.817. The van der Waals surface area contributed by atoms with Crippen molar-refractivity contribution in [2.24, 2.45) is 0 Å². The predicted octanol–water partition coefficient (Wildman–Crippen LogP) is 3.41. The van der Waals surface area contributed by atoms with E-state index in [0.717, 1.165) is 9.37 Å². The zero-order valence-electron chi connectivity index (χ0n) is 10.9. The lowest BCUT2D eigenvalue weighted by Crippen LogP contribution is -2.48. The number of benzene rings is 1. The molecule has 0 radical (unpaired) electrons. The fourth-order valence-electron chi connectivity index (χ4n) is 2.39. The molecule has 1 atom stereocenters. The van der Waals surface area contributed by atoms with Gasteiger partial charge in [0.15, 0.2) is 0 Å². The SMILES string of the molecule is COc1cc(Br)cc2c1C(=O)N(CC(F)(F)F)C(C)C2. The van der Waals surface area contributed by atoms with Crippen LogP contribution < -0.4 is 4.74 Å². The average molecular weight is 352 g/mol. The van der Waals surface area contributed by atoms with Crippen LogP contribution >= 0.6 is 15.9 Å². The second-order valence-electron chi connectivity index (χ2n) is 4.74. The van der Waals surface area contributed by atoms with E-state index < -0.39 is 24.7 Å². The number of hydrogen-bond donors (Lipinski definition) is 0. The maximum atomic E-state index is 12.6. The second-order valence-corrected chi connectivity index (χ2v) is 5.66. The summed E-state index contributed by atoms with van der Waals surface area (Å²) in [5.41, 5.74) is 0.921. The molecule has 1 unspecified atom stereocenters. The van der Waals surface area contributed by atoms with Crippen molar-refractivity contribution < 1.29 is 22.7 Å². The van der Waals surface area contributed by atoms with Crippen LogP contribution in [0.1, 0.15) is 22.8 Å². The summed E-state index contributed by atoms with van der Waals surface area (Å²) < 4.78 is 43.6. The third-order valence-corrected chi connectivity index (χ3v) is 3.70. The van der Waals surface area contributed by atoms with Crippen molar-refractivity contribution in [1.29, 1.82) is 0 Å². The van der Waals surface area contributed by atoms with Gasteiger partial charge in [0.05, 0.1) is 12.7 Å². The Kier molecular flexibility index (Phi) is 4.00. The predicted molar refractivity (Wildman–Crippen MR) is 71.0 cm³/mol. The normalized spacial score (nSPS) is 19.0. The highest BCUT2D eigenvalue weighted by Gasteiger charge is 2.39. The van der Waals surface area contributed by atoms with Crippen molar-refractivity contribution in [3.8, 4) is 5.75 Å². The standard InChI is InChI=1S/C13H13BrF3NO2/c1-7-3-8-4-9(14)5-10(20-2)11(8)12(19)18(7)6-13(15,16)17/h4-5,7H,3,6H2,1-2H3. The maximum Gasteiger partial charge on any atom is 0.406 e. The smallest absolute Gasteiger partial charge is 0.406 e. The number of rotatable bonds is 2. The summed E-state index contributed by atoms with van der Waals surface area (Å²) in [4.78, 5) is 13.2. The monoisotopic (exact) mass is 351 g/mol. The highest BCUT2D eigenvalue weighted by atomic mass is 79.9. The van der Waals surface area contributed by atoms with Crippen LogP contribution in [0.15, 0.2) is 16.6 Å². The molecule has 0 saturated carbocycles. The van der Waals surface area contributed by atoms with Crippen molar-refractivity contribution >= 4 is 21.8 Å². The zero-order valence-corrected chi connectivity index (χ0v) is 12.5. The molecule has 0 N–H and O–H groups in total. The van der Waals surface area contributed by atoms with Crippen molar-refractivity contribution in [3.05, 3.63) is 27.7 Å². The third-order valence-electron chi connectivity index (χ3n) is 3.24. The number of ether oxygens (including phenoxy) is 1. The molecule has 1 aliphatic rings. The molecule has 1 heterocycles. The molecular weight excluding hydrogens is 339 g/mol. The van der Waals surface area contributed by atoms with E-state index in [9.17, 15) is 18.0 Å². The number of nitrogens with zero attached hydrogens (tertiary/aromatic N) is 1. The fraction of sp³-hybridized carbons (Fsp3) is 0.462. The number of halogens is 4. The van der Waals surface area contributed by atoms with Gasteiger partial charge in [-0.1, -0.05) is 15.9 Å². The highest BCUT2D eigenvalue weighted by Crippen LogP contribution is 2.35. The van der Waals surface area contributed by atoms with Crippen LogP contribution in [0, 0.1) is 0 Å². The van der Waals surface area contributed by atoms with E-state index in [1.165, 1.54) is 7.11 Å². The average Bonchev–Trinajstić information content (AvgIpc) is 2.31. The number of methoxy groups -OCH3 is 1. The molecule has 0 aliphatic carbocycles. The van der Waals surface area contributed by atoms with E-state index in [4.69, 9.17) is 4.74 Å². The lowest BCUT2D eigenvalue weighted by atomic mass is 9.93. The van der Waals surface area contributed by atoms with Gasteiger partial charge in [0, 0.05) is 10.5 Å². The fourth-order valence-corrected chi connectivity index (χ4v) is 2.88. The summed E-state index contributed by atoms with van der Waals surface area (Å²) >= 11 is 3.30. The number of carbonyl (C=O) groups is 1. The highest BCUT2D eigenvalue weighted by molar-refractivity contribution is 9.10. The summed E-state index contributed by atoms with van der Waals surface area (Å²) in [5, 5.41) is 0. The Morgan fingerprint density at radius 3 is 2.65 bits per heavy atom. The van der Waals surface area contributed by atoms with E-state index in [0.29, 0.717) is 17.7 Å². The molecule has 7 heteroatoms. The molecule has 2 rings (SSSR count). The number of amides is 1. The summed E-state index contributed by atoms with van der Waals surface area (Å²) in [5.74, 6) is -0.348. The lowest BCUT2D eigenvalue weighted by Gasteiger charge is -2.35. The Balaban J connectivity index is 2.45. The van der Waals surface area contributed by atoms with Gasteiger partial charge in [-0.05, 0) is 31.0 Å². The van der Waals surface area contributed by atoms with E-state index in [-0.39, 0.29) is 5.56 Å². The van der Waals surface area contributed by atoms with E-state index in [1.807, 2.05) is 0 Å². The molecule has 0 bridgehead atoms. The number of carbonyl (C=O) groups excluding carboxylic acids is 1. The van der Waals surface area contributed by atoms with Crippen LogP contribution in [0.3, 0.4) is 0 Å². The van der Waals surface area contributed by atoms with Crippen LogP contribution in [-0.2, 0) is 6.42 Å². The molecule has 0 spiro atoms. The largest absolute Gasteiger partial charge is 0.496 e. The van der Waals surface area contributed by atoms with Gasteiger partial charge < -0.3 is 9.64 Å². The molecule has 1 aromatic carbocycles. The summed E-state index contributed by atoms with van der Waals surface area (Å²) in [7, 11) is 1.39. The molecule has 20 heavy (non-hydrogen) atoms. The van der Waals surface area contributed by atoms with Gasteiger partial charge in [-0.25, -0.2) is 0 Å². The van der Waals surface area contributed by atoms with Crippen LogP contribution in [-0.4, -0.2) is 36.7 Å². The third kappa shape index (κ3) is 2.92. The van der Waals surface area contributed by atoms with Crippen LogP contribution in [0.4, 0.5) is 13.2 Å². The molecule has 1 aliphatic heterocycles. The molecular formula is C13H13BrF3NO2. The van der Waals surface area contributed by atoms with Gasteiger partial charge in [0.2, 0.25) is 0 Å². The first-order chi connectivity index (χ1) is 9.23. The first-order valence-corrected chi connectivity index (χ1v) is 6.76. The molecule has 1 aromatic rings. The number of hydrogen-bond acceptors (Lipinski definition) is 2. The number of alkyl halides is 3. The van der Waals surface area contributed by atoms with Gasteiger partial charge in [0.25, 0.3) is 5.91 Å². The molecule has 1 amide bonds. The van der Waals surface area contributed by atoms with Crippen LogP contribution in [0.25, 0.3) is 0 Å². The van der Waals surface area contributed by atoms with Gasteiger partial charge in [-0.2, -0.15) is 13.2 Å². The Bertz CT molecular complexity index is 545. The lowest BCUT2D eigenvalue weighted by molar-refractivity contribution is -0.144. The van der Waals surface area contributed by atoms with Crippen molar-refractivity contribution in [2.45, 2.75) is 25.6 Å². The minimum atomic E-state index is -4.41. The van der Waals surface area contributed by atoms with Crippen molar-refractivity contribution in [2.75, 3.05) is 13.7 Å². The van der Waals surface area contributed by atoms with Gasteiger partial charge in [-0.15, -0.1) is 0 Å². The van der Waals surface area contributed by atoms with Gasteiger partial charge >= 0.3 is 6.18 Å². The topological polar surface area (TPSA) is 29.5 Å². The summed E-state index contributed by atoms with van der Waals surface area (Å²) in [6.07, 6.45) is -4.04. The van der Waals surface area contributed by atoms with E-state index in [1.54, 1.807) is 19.1 Å². The van der Waals surface area contributed by atoms with Crippen molar-refractivity contribution in [3.63, 3.8) is 0 Å². The minimum Gasteiger partial charge on any atom is -0.496 e. The Morgan fingerprint density at radius 2 is 2.10 bits per heavy atom. The van der Waals surface area contributed by atoms with E-state index >= 15 is 0 Å². The minimum absolute atomic E-state index is 0.220. The van der Waals surface area contributed by atoms with Gasteiger partial charge in [-0.3, -0.25) is 4.79 Å². The molecule has 3 nitrogen and oxygen atoms in total.